The van der Waals surface area contributed by atoms with E-state index >= 15 is 0 Å². The molecule has 0 atom stereocenters. The highest BCUT2D eigenvalue weighted by Crippen LogP contribution is 2.29. The van der Waals surface area contributed by atoms with Crippen molar-refractivity contribution in [3.8, 4) is 17.3 Å². The van der Waals surface area contributed by atoms with E-state index < -0.39 is 9.84 Å². The van der Waals surface area contributed by atoms with Crippen LogP contribution in [0.15, 0.2) is 89.9 Å². The van der Waals surface area contributed by atoms with Crippen LogP contribution >= 0.6 is 0 Å². The molecule has 2 aromatic heterocycles. The summed E-state index contributed by atoms with van der Waals surface area (Å²) in [5, 5.41) is 15.0. The van der Waals surface area contributed by atoms with E-state index in [0.29, 0.717) is 17.1 Å². The monoisotopic (exact) mass is 412 g/mol. The molecule has 4 rings (SSSR count). The molecule has 0 aliphatic carbocycles. The zero-order valence-electron chi connectivity index (χ0n) is 15.8. The number of hydrogen-bond acceptors (Lipinski definition) is 6. The number of sulfone groups is 1. The van der Waals surface area contributed by atoms with Crippen LogP contribution in [0.1, 0.15) is 5.56 Å². The van der Waals surface area contributed by atoms with E-state index in [2.05, 4.69) is 27.9 Å². The molecule has 1 N–H and O–H groups in total. The van der Waals surface area contributed by atoms with Crippen LogP contribution in [-0.2, 0) is 9.84 Å². The van der Waals surface area contributed by atoms with Crippen molar-refractivity contribution < 1.29 is 8.42 Å². The van der Waals surface area contributed by atoms with Gasteiger partial charge in [-0.2, -0.15) is 5.26 Å². The second-order valence-electron chi connectivity index (χ2n) is 6.50. The van der Waals surface area contributed by atoms with Crippen molar-refractivity contribution >= 4 is 32.1 Å². The summed E-state index contributed by atoms with van der Waals surface area (Å²) in [4.78, 5) is 9.13. The molecule has 0 unspecified atom stereocenters. The van der Waals surface area contributed by atoms with Gasteiger partial charge >= 0.3 is 0 Å². The molecule has 146 valence electrons. The maximum absolute atomic E-state index is 11.9. The zero-order chi connectivity index (χ0) is 21.1. The van der Waals surface area contributed by atoms with Gasteiger partial charge in [0, 0.05) is 39.8 Å². The maximum atomic E-state index is 11.9. The van der Waals surface area contributed by atoms with Gasteiger partial charge in [0.25, 0.3) is 0 Å². The molecule has 0 saturated heterocycles. The quantitative estimate of drug-likeness (QED) is 0.504. The topological polar surface area (TPSA) is 95.7 Å². The molecule has 2 aromatic carbocycles. The third-order valence-corrected chi connectivity index (χ3v) is 5.98. The second kappa shape index (κ2) is 7.78. The number of aromatic nitrogens is 2. The SMILES string of the molecule is C=CS(=O)(=O)c1ccc(Nc2cc3c(-c4ccc(C#N)cc4)nccc3cn2)cc1. The average molecular weight is 412 g/mol. The van der Waals surface area contributed by atoms with Gasteiger partial charge in [0.05, 0.1) is 22.2 Å². The summed E-state index contributed by atoms with van der Waals surface area (Å²) in [6, 6.07) is 19.5. The molecule has 0 bridgehead atoms. The van der Waals surface area contributed by atoms with Crippen LogP contribution in [0.4, 0.5) is 11.5 Å². The van der Waals surface area contributed by atoms with Crippen LogP contribution in [0.3, 0.4) is 0 Å². The molecular weight excluding hydrogens is 396 g/mol. The molecule has 0 aliphatic rings. The molecule has 0 radical (unpaired) electrons. The molecule has 6 nitrogen and oxygen atoms in total. The fourth-order valence-electron chi connectivity index (χ4n) is 3.04. The Bertz CT molecular complexity index is 1390. The molecular formula is C23H16N4O2S. The Morgan fingerprint density at radius 2 is 1.73 bits per heavy atom. The van der Waals surface area contributed by atoms with Gasteiger partial charge in [-0.05, 0) is 48.5 Å². The number of rotatable bonds is 5. The molecule has 4 aromatic rings. The first-order valence-corrected chi connectivity index (χ1v) is 10.5. The molecule has 0 saturated carbocycles. The number of nitrogens with zero attached hydrogens (tertiary/aromatic N) is 3. The Kier molecular flexibility index (Phi) is 5.00. The Morgan fingerprint density at radius 3 is 2.40 bits per heavy atom. The van der Waals surface area contributed by atoms with Gasteiger partial charge in [0.15, 0.2) is 9.84 Å². The summed E-state index contributed by atoms with van der Waals surface area (Å²) >= 11 is 0. The minimum absolute atomic E-state index is 0.182. The summed E-state index contributed by atoms with van der Waals surface area (Å²) in [7, 11) is -3.47. The summed E-state index contributed by atoms with van der Waals surface area (Å²) < 4.78 is 23.7. The summed E-state index contributed by atoms with van der Waals surface area (Å²) in [5.74, 6) is 0.602. The van der Waals surface area contributed by atoms with Gasteiger partial charge < -0.3 is 5.32 Å². The van der Waals surface area contributed by atoms with Crippen LogP contribution in [0, 0.1) is 11.3 Å². The minimum atomic E-state index is -3.47. The Hall–Kier alpha value is -4.02. The Balaban J connectivity index is 1.69. The fourth-order valence-corrected chi connectivity index (χ4v) is 3.75. The van der Waals surface area contributed by atoms with Crippen molar-refractivity contribution in [1.29, 1.82) is 5.26 Å². The number of fused-ring (bicyclic) bond motifs is 1. The molecule has 0 aliphatic heterocycles. The number of anilines is 2. The van der Waals surface area contributed by atoms with Gasteiger partial charge in [-0.3, -0.25) is 4.98 Å². The lowest BCUT2D eigenvalue weighted by Gasteiger charge is -2.10. The predicted octanol–water partition coefficient (Wildman–Crippen LogP) is 4.83. The molecule has 0 amide bonds. The van der Waals surface area contributed by atoms with Crippen LogP contribution in [0.25, 0.3) is 22.0 Å². The normalized spacial score (nSPS) is 11.0. The van der Waals surface area contributed by atoms with Crippen molar-refractivity contribution in [2.75, 3.05) is 5.32 Å². The lowest BCUT2D eigenvalue weighted by atomic mass is 10.0. The molecule has 7 heteroatoms. The summed E-state index contributed by atoms with van der Waals surface area (Å²) in [6.45, 7) is 3.34. The first-order chi connectivity index (χ1) is 14.5. The van der Waals surface area contributed by atoms with E-state index in [9.17, 15) is 8.42 Å². The highest BCUT2D eigenvalue weighted by atomic mass is 32.2. The number of benzene rings is 2. The van der Waals surface area contributed by atoms with Crippen LogP contribution in [-0.4, -0.2) is 18.4 Å². The minimum Gasteiger partial charge on any atom is -0.340 e. The van der Waals surface area contributed by atoms with Gasteiger partial charge in [0.2, 0.25) is 0 Å². The van der Waals surface area contributed by atoms with Gasteiger partial charge in [-0.1, -0.05) is 18.7 Å². The smallest absolute Gasteiger partial charge is 0.199 e. The van der Waals surface area contributed by atoms with E-state index in [0.717, 1.165) is 27.4 Å². The third kappa shape index (κ3) is 3.77. The molecule has 2 heterocycles. The van der Waals surface area contributed by atoms with Crippen LogP contribution in [0.5, 0.6) is 0 Å². The number of nitrogens with one attached hydrogen (secondary N) is 1. The molecule has 0 spiro atoms. The largest absolute Gasteiger partial charge is 0.340 e. The third-order valence-electron chi connectivity index (χ3n) is 4.61. The Morgan fingerprint density at radius 1 is 1.00 bits per heavy atom. The highest BCUT2D eigenvalue weighted by Gasteiger charge is 2.10. The van der Waals surface area contributed by atoms with E-state index in [1.54, 1.807) is 36.7 Å². The summed E-state index contributed by atoms with van der Waals surface area (Å²) in [5.41, 5.74) is 2.98. The van der Waals surface area contributed by atoms with E-state index in [1.807, 2.05) is 24.3 Å². The number of nitriles is 1. The zero-order valence-corrected chi connectivity index (χ0v) is 16.6. The first kappa shape index (κ1) is 19.3. The van der Waals surface area contributed by atoms with Crippen molar-refractivity contribution in [3.63, 3.8) is 0 Å². The number of hydrogen-bond donors (Lipinski definition) is 1. The van der Waals surface area contributed by atoms with Crippen molar-refractivity contribution in [2.45, 2.75) is 4.90 Å². The van der Waals surface area contributed by atoms with Gasteiger partial charge in [0.1, 0.15) is 5.82 Å². The standard InChI is InChI=1S/C23H16N4O2S/c1-2-30(28,29)20-9-7-19(8-10-20)27-22-13-21-18(15-26-22)11-12-25-23(21)17-5-3-16(14-24)4-6-17/h2-13,15H,1H2,(H,26,27). The van der Waals surface area contributed by atoms with Gasteiger partial charge in [-0.25, -0.2) is 13.4 Å². The van der Waals surface area contributed by atoms with E-state index in [1.165, 1.54) is 12.1 Å². The fraction of sp³-hybridized carbons (Fsp3) is 0. The van der Waals surface area contributed by atoms with Crippen molar-refractivity contribution in [3.05, 3.63) is 90.6 Å². The van der Waals surface area contributed by atoms with Crippen LogP contribution in [0.2, 0.25) is 0 Å². The summed E-state index contributed by atoms with van der Waals surface area (Å²) in [6.07, 6.45) is 3.48. The van der Waals surface area contributed by atoms with Crippen molar-refractivity contribution in [2.24, 2.45) is 0 Å². The Labute approximate surface area is 174 Å². The highest BCUT2D eigenvalue weighted by molar-refractivity contribution is 7.94. The first-order valence-electron chi connectivity index (χ1n) is 9.00. The lowest BCUT2D eigenvalue weighted by Crippen LogP contribution is -1.97. The number of pyridine rings is 2. The maximum Gasteiger partial charge on any atom is 0.199 e. The van der Waals surface area contributed by atoms with E-state index in [4.69, 9.17) is 5.26 Å². The lowest BCUT2D eigenvalue weighted by molar-refractivity contribution is 0.605. The molecule has 0 fully saturated rings. The average Bonchev–Trinajstić information content (AvgIpc) is 2.79. The van der Waals surface area contributed by atoms with E-state index in [-0.39, 0.29) is 4.90 Å². The van der Waals surface area contributed by atoms with Gasteiger partial charge in [-0.15, -0.1) is 0 Å². The predicted molar refractivity (Wildman–Crippen MR) is 117 cm³/mol. The van der Waals surface area contributed by atoms with Crippen molar-refractivity contribution in [1.82, 2.24) is 9.97 Å². The van der Waals surface area contributed by atoms with Crippen LogP contribution < -0.4 is 5.32 Å². The second-order valence-corrected chi connectivity index (χ2v) is 8.40. The molecule has 30 heavy (non-hydrogen) atoms.